The zero-order valence-electron chi connectivity index (χ0n) is 12.3. The molecule has 0 aliphatic heterocycles. The van der Waals surface area contributed by atoms with Crippen LogP contribution < -0.4 is 5.69 Å². The smallest absolute Gasteiger partial charge is 0.292 e. The molecule has 6 nitrogen and oxygen atoms in total. The molecule has 22 heavy (non-hydrogen) atoms. The summed E-state index contributed by atoms with van der Waals surface area (Å²) < 4.78 is 3.23. The van der Waals surface area contributed by atoms with Gasteiger partial charge >= 0.3 is 5.69 Å². The Labute approximate surface area is 132 Å². The molecule has 5 rings (SSSR count). The lowest BCUT2D eigenvalue weighted by Crippen LogP contribution is -2.45. The van der Waals surface area contributed by atoms with Gasteiger partial charge in [0.25, 0.3) is 0 Å². The molecule has 3 aliphatic rings. The van der Waals surface area contributed by atoms with Gasteiger partial charge < -0.3 is 0 Å². The van der Waals surface area contributed by atoms with E-state index in [2.05, 4.69) is 16.0 Å². The molecule has 2 aromatic rings. The molecule has 0 radical (unpaired) electrons. The van der Waals surface area contributed by atoms with E-state index in [-0.39, 0.29) is 17.0 Å². The highest BCUT2D eigenvalue weighted by Crippen LogP contribution is 2.55. The maximum absolute atomic E-state index is 12.7. The Kier molecular flexibility index (Phi) is 2.85. The van der Waals surface area contributed by atoms with Crippen molar-refractivity contribution in [3.05, 3.63) is 22.0 Å². The van der Waals surface area contributed by atoms with Crippen molar-refractivity contribution in [3.63, 3.8) is 0 Å². The number of nitrogens with zero attached hydrogens (tertiary/aromatic N) is 5. The third kappa shape index (κ3) is 1.69. The lowest BCUT2D eigenvalue weighted by atomic mass is 9.58. The minimum atomic E-state index is -0.454. The van der Waals surface area contributed by atoms with Crippen molar-refractivity contribution in [2.24, 2.45) is 18.4 Å². The fourth-order valence-corrected chi connectivity index (χ4v) is 4.37. The number of imidazole rings is 1. The van der Waals surface area contributed by atoms with E-state index in [1.54, 1.807) is 22.4 Å². The van der Waals surface area contributed by atoms with Crippen LogP contribution in [-0.2, 0) is 7.05 Å². The van der Waals surface area contributed by atoms with Crippen molar-refractivity contribution in [2.45, 2.75) is 38.1 Å². The van der Waals surface area contributed by atoms with Gasteiger partial charge in [-0.1, -0.05) is 0 Å². The van der Waals surface area contributed by atoms with Crippen LogP contribution in [0.25, 0.3) is 11.2 Å². The van der Waals surface area contributed by atoms with Crippen LogP contribution in [-0.4, -0.2) is 19.1 Å². The van der Waals surface area contributed by atoms with Crippen molar-refractivity contribution in [3.8, 4) is 6.07 Å². The van der Waals surface area contributed by atoms with Gasteiger partial charge in [0.15, 0.2) is 5.65 Å². The summed E-state index contributed by atoms with van der Waals surface area (Å²) in [5, 5.41) is 9.92. The molecule has 1 unspecified atom stereocenters. The second kappa shape index (κ2) is 4.56. The molecule has 0 N–H and O–H groups in total. The molecular weight excluding hydrogens is 302 g/mol. The first-order chi connectivity index (χ1) is 10.6. The van der Waals surface area contributed by atoms with E-state index in [9.17, 15) is 10.1 Å². The van der Waals surface area contributed by atoms with Crippen LogP contribution in [0.5, 0.6) is 0 Å². The second-order valence-corrected chi connectivity index (χ2v) is 6.86. The number of halogens is 1. The maximum atomic E-state index is 12.7. The largest absolute Gasteiger partial charge is 0.330 e. The van der Waals surface area contributed by atoms with Crippen molar-refractivity contribution >= 4 is 22.8 Å². The lowest BCUT2D eigenvalue weighted by molar-refractivity contribution is 0.0489. The van der Waals surface area contributed by atoms with E-state index < -0.39 is 5.41 Å². The van der Waals surface area contributed by atoms with Crippen molar-refractivity contribution < 1.29 is 0 Å². The molecule has 2 heterocycles. The fourth-order valence-electron chi connectivity index (χ4n) is 4.24. The van der Waals surface area contributed by atoms with Crippen molar-refractivity contribution in [1.29, 1.82) is 5.26 Å². The summed E-state index contributed by atoms with van der Waals surface area (Å²) >= 11 is 5.93. The molecule has 7 heteroatoms. The summed E-state index contributed by atoms with van der Waals surface area (Å²) in [7, 11) is 1.71. The number of nitriles is 1. The quantitative estimate of drug-likeness (QED) is 0.757. The highest BCUT2D eigenvalue weighted by molar-refractivity contribution is 6.28. The number of aryl methyl sites for hydroxylation is 1. The van der Waals surface area contributed by atoms with Gasteiger partial charge in [0.2, 0.25) is 5.28 Å². The van der Waals surface area contributed by atoms with Crippen molar-refractivity contribution in [2.75, 3.05) is 0 Å². The molecule has 1 atom stereocenters. The molecule has 0 spiro atoms. The summed E-state index contributed by atoms with van der Waals surface area (Å²) in [5.74, 6) is 0.597. The first-order valence-electron chi connectivity index (χ1n) is 7.56. The van der Waals surface area contributed by atoms with Crippen LogP contribution in [0.1, 0.15) is 38.1 Å². The van der Waals surface area contributed by atoms with Crippen LogP contribution in [0.2, 0.25) is 5.28 Å². The summed E-state index contributed by atoms with van der Waals surface area (Å²) in [6, 6.07) is 2.41. The lowest BCUT2D eigenvalue weighted by Gasteiger charge is -2.48. The standard InChI is InChI=1S/C15H16ClN5O/c1-20-10-7-18-13(16)19-12(10)21(14(20)22)11-6-9-2-4-15(11,8-17)5-3-9/h7,9,11H,2-6H2,1H3. The molecular formula is C15H16ClN5O. The Morgan fingerprint density at radius 3 is 2.86 bits per heavy atom. The SMILES string of the molecule is Cn1c(=O)n(C2CC3CCC2(C#N)CC3)c2nc(Cl)ncc21. The van der Waals surface area contributed by atoms with Gasteiger partial charge in [0, 0.05) is 7.05 Å². The van der Waals surface area contributed by atoms with E-state index in [0.717, 1.165) is 32.1 Å². The first-order valence-corrected chi connectivity index (χ1v) is 7.94. The predicted octanol–water partition coefficient (Wildman–Crippen LogP) is 2.43. The molecule has 3 aliphatic carbocycles. The third-order valence-electron chi connectivity index (χ3n) is 5.53. The zero-order valence-corrected chi connectivity index (χ0v) is 13.0. The number of hydrogen-bond acceptors (Lipinski definition) is 4. The summed E-state index contributed by atoms with van der Waals surface area (Å²) in [4.78, 5) is 21.0. The summed E-state index contributed by atoms with van der Waals surface area (Å²) in [6.07, 6.45) is 6.33. The van der Waals surface area contributed by atoms with E-state index in [1.165, 1.54) is 0 Å². The number of fused-ring (bicyclic) bond motifs is 4. The van der Waals surface area contributed by atoms with Crippen LogP contribution in [0.3, 0.4) is 0 Å². The number of rotatable bonds is 1. The maximum Gasteiger partial charge on any atom is 0.330 e. The van der Waals surface area contributed by atoms with Gasteiger partial charge in [-0.25, -0.2) is 9.78 Å². The van der Waals surface area contributed by atoms with E-state index in [1.807, 2.05) is 0 Å². The first kappa shape index (κ1) is 13.8. The van der Waals surface area contributed by atoms with Crippen LogP contribution in [0, 0.1) is 22.7 Å². The number of hydrogen-bond donors (Lipinski definition) is 0. The van der Waals surface area contributed by atoms with Crippen LogP contribution in [0.4, 0.5) is 0 Å². The van der Waals surface area contributed by atoms with Gasteiger partial charge in [-0.3, -0.25) is 9.13 Å². The molecule has 3 saturated carbocycles. The van der Waals surface area contributed by atoms with Gasteiger partial charge in [0.1, 0.15) is 5.52 Å². The van der Waals surface area contributed by atoms with Gasteiger partial charge in [-0.15, -0.1) is 0 Å². The van der Waals surface area contributed by atoms with E-state index in [4.69, 9.17) is 11.6 Å². The molecule has 2 bridgehead atoms. The second-order valence-electron chi connectivity index (χ2n) is 6.52. The van der Waals surface area contributed by atoms with Crippen LogP contribution >= 0.6 is 11.6 Å². The van der Waals surface area contributed by atoms with Gasteiger partial charge in [0.05, 0.1) is 23.7 Å². The Balaban J connectivity index is 1.98. The minimum Gasteiger partial charge on any atom is -0.292 e. The highest BCUT2D eigenvalue weighted by Gasteiger charge is 2.50. The highest BCUT2D eigenvalue weighted by atomic mass is 35.5. The molecule has 0 saturated heterocycles. The molecule has 114 valence electrons. The predicted molar refractivity (Wildman–Crippen MR) is 81.4 cm³/mol. The average Bonchev–Trinajstić information content (AvgIpc) is 2.79. The zero-order chi connectivity index (χ0) is 15.5. The molecule has 2 aromatic heterocycles. The van der Waals surface area contributed by atoms with Crippen LogP contribution in [0.15, 0.2) is 11.0 Å². The average molecular weight is 318 g/mol. The molecule has 3 fully saturated rings. The minimum absolute atomic E-state index is 0.118. The topological polar surface area (TPSA) is 76.5 Å². The monoisotopic (exact) mass is 317 g/mol. The fraction of sp³-hybridized carbons (Fsp3) is 0.600. The van der Waals surface area contributed by atoms with E-state index in [0.29, 0.717) is 17.1 Å². The van der Waals surface area contributed by atoms with Gasteiger partial charge in [-0.05, 0) is 49.6 Å². The Bertz CT molecular complexity index is 853. The molecule has 0 aromatic carbocycles. The third-order valence-corrected chi connectivity index (χ3v) is 5.71. The summed E-state index contributed by atoms with van der Waals surface area (Å²) in [5.41, 5.74) is 0.604. The summed E-state index contributed by atoms with van der Waals surface area (Å²) in [6.45, 7) is 0. The normalized spacial score (nSPS) is 30.6. The molecule has 0 amide bonds. The Morgan fingerprint density at radius 1 is 1.45 bits per heavy atom. The van der Waals surface area contributed by atoms with Crippen molar-refractivity contribution in [1.82, 2.24) is 19.1 Å². The Morgan fingerprint density at radius 2 is 2.18 bits per heavy atom. The number of aromatic nitrogens is 4. The Hall–Kier alpha value is -1.87. The van der Waals surface area contributed by atoms with Gasteiger partial charge in [-0.2, -0.15) is 10.2 Å². The van der Waals surface area contributed by atoms with E-state index >= 15 is 0 Å².